The Hall–Kier alpha value is -2.07. The van der Waals surface area contributed by atoms with Gasteiger partial charge in [0.2, 0.25) is 0 Å². The molecule has 0 bridgehead atoms. The smallest absolute Gasteiger partial charge is 0.160 e. The van der Waals surface area contributed by atoms with Crippen LogP contribution >= 0.6 is 0 Å². The van der Waals surface area contributed by atoms with Crippen molar-refractivity contribution in [2.24, 2.45) is 11.8 Å². The maximum absolute atomic E-state index is 13.7. The highest BCUT2D eigenvalue weighted by atomic mass is 19.1. The molecule has 0 heterocycles. The molecule has 164 valence electrons. The van der Waals surface area contributed by atoms with Crippen LogP contribution in [-0.4, -0.2) is 39.3 Å². The molecule has 0 amide bonds. The van der Waals surface area contributed by atoms with Crippen LogP contribution in [0.5, 0.6) is 11.5 Å². The van der Waals surface area contributed by atoms with Crippen LogP contribution in [0.3, 0.4) is 0 Å². The molecule has 1 aliphatic rings. The number of fused-ring (bicyclic) bond motifs is 1. The van der Waals surface area contributed by atoms with Gasteiger partial charge in [0.25, 0.3) is 0 Å². The zero-order chi connectivity index (χ0) is 21.7. The van der Waals surface area contributed by atoms with Crippen LogP contribution in [0.15, 0.2) is 36.4 Å². The van der Waals surface area contributed by atoms with Gasteiger partial charge in [0.1, 0.15) is 5.82 Å². The Kier molecular flexibility index (Phi) is 7.76. The Labute approximate surface area is 181 Å². The predicted octanol–water partition coefficient (Wildman–Crippen LogP) is 5.71. The van der Waals surface area contributed by atoms with Crippen LogP contribution in [0, 0.1) is 17.7 Å². The second-order valence-electron chi connectivity index (χ2n) is 8.94. The molecule has 0 saturated carbocycles. The van der Waals surface area contributed by atoms with E-state index in [0.717, 1.165) is 43.9 Å². The van der Waals surface area contributed by atoms with Crippen molar-refractivity contribution in [3.05, 3.63) is 58.9 Å². The van der Waals surface area contributed by atoms with E-state index in [1.807, 2.05) is 12.1 Å². The topological polar surface area (TPSA) is 21.7 Å². The van der Waals surface area contributed by atoms with Gasteiger partial charge in [-0.05, 0) is 98.0 Å². The first-order valence-corrected chi connectivity index (χ1v) is 11.1. The summed E-state index contributed by atoms with van der Waals surface area (Å²) in [5.74, 6) is 3.20. The number of halogens is 1. The average Bonchev–Trinajstić information content (AvgIpc) is 2.75. The third-order valence-electron chi connectivity index (χ3n) is 6.59. The molecular formula is C26H36FNO2. The summed E-state index contributed by atoms with van der Waals surface area (Å²) in [5, 5.41) is 0. The summed E-state index contributed by atoms with van der Waals surface area (Å²) in [4.78, 5) is 2.42. The summed E-state index contributed by atoms with van der Waals surface area (Å²) in [5.41, 5.74) is 3.84. The monoisotopic (exact) mass is 413 g/mol. The van der Waals surface area contributed by atoms with E-state index >= 15 is 0 Å². The third-order valence-corrected chi connectivity index (χ3v) is 6.59. The number of aryl methyl sites for hydroxylation is 1. The highest BCUT2D eigenvalue weighted by Crippen LogP contribution is 2.42. The van der Waals surface area contributed by atoms with Gasteiger partial charge < -0.3 is 14.4 Å². The van der Waals surface area contributed by atoms with Crippen LogP contribution in [0.25, 0.3) is 0 Å². The highest BCUT2D eigenvalue weighted by Gasteiger charge is 2.31. The van der Waals surface area contributed by atoms with E-state index < -0.39 is 0 Å². The maximum Gasteiger partial charge on any atom is 0.160 e. The molecule has 0 spiro atoms. The molecule has 2 atom stereocenters. The van der Waals surface area contributed by atoms with Crippen molar-refractivity contribution in [2.75, 3.05) is 34.4 Å². The first-order chi connectivity index (χ1) is 14.4. The first-order valence-electron chi connectivity index (χ1n) is 11.1. The lowest BCUT2D eigenvalue weighted by molar-refractivity contribution is 0.240. The number of benzene rings is 2. The van der Waals surface area contributed by atoms with Crippen LogP contribution in [0.4, 0.5) is 4.39 Å². The highest BCUT2D eigenvalue weighted by molar-refractivity contribution is 5.43. The summed E-state index contributed by atoms with van der Waals surface area (Å²) < 4.78 is 24.4. The molecule has 1 unspecified atom stereocenters. The van der Waals surface area contributed by atoms with E-state index in [0.29, 0.717) is 17.8 Å². The van der Waals surface area contributed by atoms with E-state index in [-0.39, 0.29) is 5.82 Å². The van der Waals surface area contributed by atoms with Crippen molar-refractivity contribution >= 4 is 0 Å². The summed E-state index contributed by atoms with van der Waals surface area (Å²) in [7, 11) is 5.54. The molecule has 30 heavy (non-hydrogen) atoms. The fraction of sp³-hybridized carbons (Fsp3) is 0.538. The molecule has 0 radical (unpaired) electrons. The molecule has 3 nitrogen and oxygen atoms in total. The Morgan fingerprint density at radius 2 is 1.80 bits per heavy atom. The Balaban J connectivity index is 1.56. The lowest BCUT2D eigenvalue weighted by atomic mass is 9.69. The molecule has 0 aromatic heterocycles. The molecule has 0 saturated heterocycles. The van der Waals surface area contributed by atoms with Gasteiger partial charge in [-0.3, -0.25) is 0 Å². The van der Waals surface area contributed by atoms with Crippen molar-refractivity contribution in [3.8, 4) is 11.5 Å². The molecule has 1 aliphatic carbocycles. The van der Waals surface area contributed by atoms with Gasteiger partial charge in [0.05, 0.1) is 14.2 Å². The average molecular weight is 414 g/mol. The first kappa shape index (κ1) is 22.6. The molecular weight excluding hydrogens is 377 g/mol. The van der Waals surface area contributed by atoms with Gasteiger partial charge in [-0.2, -0.15) is 0 Å². The SMILES string of the molecule is COc1ccc(CCN(C)CCC2CCc3cc(F)ccc3[C@@H]2C(C)C)cc1OC. The fourth-order valence-electron chi connectivity index (χ4n) is 4.97. The Bertz CT molecular complexity index is 836. The number of nitrogens with zero attached hydrogens (tertiary/aromatic N) is 1. The van der Waals surface area contributed by atoms with Crippen molar-refractivity contribution in [1.29, 1.82) is 0 Å². The normalized spacial score (nSPS) is 18.5. The van der Waals surface area contributed by atoms with Gasteiger partial charge in [0.15, 0.2) is 11.5 Å². The van der Waals surface area contributed by atoms with Crippen LogP contribution in [-0.2, 0) is 12.8 Å². The molecule has 4 heteroatoms. The Morgan fingerprint density at radius 1 is 1.03 bits per heavy atom. The quantitative estimate of drug-likeness (QED) is 0.526. The molecule has 2 aromatic rings. The minimum atomic E-state index is -0.107. The lowest BCUT2D eigenvalue weighted by Crippen LogP contribution is -2.30. The van der Waals surface area contributed by atoms with Crippen LogP contribution in [0.2, 0.25) is 0 Å². The largest absolute Gasteiger partial charge is 0.493 e. The minimum absolute atomic E-state index is 0.107. The van der Waals surface area contributed by atoms with Crippen LogP contribution < -0.4 is 9.47 Å². The molecule has 0 fully saturated rings. The van der Waals surface area contributed by atoms with Crippen molar-refractivity contribution < 1.29 is 13.9 Å². The van der Waals surface area contributed by atoms with Crippen molar-refractivity contribution in [3.63, 3.8) is 0 Å². The van der Waals surface area contributed by atoms with Crippen molar-refractivity contribution in [2.45, 2.75) is 45.4 Å². The van der Waals surface area contributed by atoms with Gasteiger partial charge in [-0.1, -0.05) is 26.0 Å². The maximum atomic E-state index is 13.7. The number of methoxy groups -OCH3 is 2. The van der Waals surface area contributed by atoms with Gasteiger partial charge in [0, 0.05) is 6.54 Å². The molecule has 2 aromatic carbocycles. The Morgan fingerprint density at radius 3 is 2.50 bits per heavy atom. The van der Waals surface area contributed by atoms with E-state index in [1.54, 1.807) is 26.4 Å². The van der Waals surface area contributed by atoms with Crippen molar-refractivity contribution in [1.82, 2.24) is 4.90 Å². The second kappa shape index (κ2) is 10.3. The second-order valence-corrected chi connectivity index (χ2v) is 8.94. The molecule has 3 rings (SSSR count). The predicted molar refractivity (Wildman–Crippen MR) is 121 cm³/mol. The van der Waals surface area contributed by atoms with E-state index in [2.05, 4.69) is 37.9 Å². The number of hydrogen-bond acceptors (Lipinski definition) is 3. The molecule has 0 N–H and O–H groups in total. The number of ether oxygens (including phenoxy) is 2. The summed E-state index contributed by atoms with van der Waals surface area (Å²) in [6.45, 7) is 6.70. The third kappa shape index (κ3) is 5.34. The standard InChI is InChI=1S/C26H36FNO2/c1-18(2)26-20(7-8-21-17-22(27)9-10-23(21)26)13-15-28(3)14-12-19-6-11-24(29-4)25(16-19)30-5/h6,9-11,16-18,20,26H,7-8,12-15H2,1-5H3/t20?,26-/m1/s1. The number of rotatable bonds is 9. The summed E-state index contributed by atoms with van der Waals surface area (Å²) >= 11 is 0. The van der Waals surface area contributed by atoms with Gasteiger partial charge >= 0.3 is 0 Å². The zero-order valence-corrected chi connectivity index (χ0v) is 19.1. The zero-order valence-electron chi connectivity index (χ0n) is 19.1. The fourth-order valence-corrected chi connectivity index (χ4v) is 4.97. The van der Waals surface area contributed by atoms with E-state index in [1.165, 1.54) is 23.1 Å². The van der Waals surface area contributed by atoms with Gasteiger partial charge in [-0.15, -0.1) is 0 Å². The lowest BCUT2D eigenvalue weighted by Gasteiger charge is -2.37. The molecule has 0 aliphatic heterocycles. The number of likely N-dealkylation sites (N-methyl/N-ethyl adjacent to an activating group) is 1. The van der Waals surface area contributed by atoms with E-state index in [4.69, 9.17) is 9.47 Å². The van der Waals surface area contributed by atoms with Gasteiger partial charge in [-0.25, -0.2) is 4.39 Å². The summed E-state index contributed by atoms with van der Waals surface area (Å²) in [6.07, 6.45) is 4.32. The van der Waals surface area contributed by atoms with Crippen LogP contribution in [0.1, 0.15) is 49.3 Å². The summed E-state index contributed by atoms with van der Waals surface area (Å²) in [6, 6.07) is 11.6. The minimum Gasteiger partial charge on any atom is -0.493 e. The van der Waals surface area contributed by atoms with E-state index in [9.17, 15) is 4.39 Å². The number of hydrogen-bond donors (Lipinski definition) is 0.